The van der Waals surface area contributed by atoms with Gasteiger partial charge in [-0.3, -0.25) is 4.21 Å². The number of rotatable bonds is 2. The number of hydrogen-bond acceptors (Lipinski definition) is 2. The third-order valence-corrected chi connectivity index (χ3v) is 4.97. The monoisotopic (exact) mass is 251 g/mol. The van der Waals surface area contributed by atoms with E-state index in [1.807, 2.05) is 0 Å². The highest BCUT2D eigenvalue weighted by Crippen LogP contribution is 2.19. The molecule has 3 atom stereocenters. The van der Waals surface area contributed by atoms with Crippen LogP contribution >= 0.6 is 0 Å². The first kappa shape index (κ1) is 12.8. The zero-order valence-electron chi connectivity index (χ0n) is 10.6. The van der Waals surface area contributed by atoms with Gasteiger partial charge in [-0.2, -0.15) is 0 Å². The Labute approximate surface area is 106 Å². The summed E-state index contributed by atoms with van der Waals surface area (Å²) < 4.78 is 11.9. The second-order valence-electron chi connectivity index (χ2n) is 4.93. The first-order valence-corrected chi connectivity index (χ1v) is 7.85. The SMILES string of the molecule is CCc1ccc(C2CS(=O)CC(C)CN2)cc1. The molecule has 1 N–H and O–H groups in total. The van der Waals surface area contributed by atoms with Crippen LogP contribution in [0.15, 0.2) is 24.3 Å². The van der Waals surface area contributed by atoms with E-state index in [2.05, 4.69) is 43.4 Å². The Balaban J connectivity index is 2.12. The van der Waals surface area contributed by atoms with Crippen LogP contribution in [0, 0.1) is 5.92 Å². The Bertz CT molecular complexity index is 388. The van der Waals surface area contributed by atoms with Crippen molar-refractivity contribution in [2.75, 3.05) is 18.1 Å². The van der Waals surface area contributed by atoms with Gasteiger partial charge in [-0.05, 0) is 30.0 Å². The first-order chi connectivity index (χ1) is 8.19. The highest BCUT2D eigenvalue weighted by molar-refractivity contribution is 7.85. The minimum Gasteiger partial charge on any atom is -0.309 e. The molecule has 3 heteroatoms. The van der Waals surface area contributed by atoms with Gasteiger partial charge in [-0.25, -0.2) is 0 Å². The molecule has 0 bridgehead atoms. The van der Waals surface area contributed by atoms with Crippen molar-refractivity contribution in [1.29, 1.82) is 0 Å². The predicted octanol–water partition coefficient (Wildman–Crippen LogP) is 2.28. The average molecular weight is 251 g/mol. The normalized spacial score (nSPS) is 29.9. The van der Waals surface area contributed by atoms with Gasteiger partial charge in [0.1, 0.15) is 0 Å². The minimum atomic E-state index is -0.688. The summed E-state index contributed by atoms with van der Waals surface area (Å²) in [7, 11) is -0.688. The van der Waals surface area contributed by atoms with Crippen LogP contribution in [0.1, 0.15) is 31.0 Å². The van der Waals surface area contributed by atoms with Crippen LogP contribution < -0.4 is 5.32 Å². The predicted molar refractivity (Wildman–Crippen MR) is 73.6 cm³/mol. The molecule has 17 heavy (non-hydrogen) atoms. The van der Waals surface area contributed by atoms with Gasteiger partial charge in [0.05, 0.1) is 0 Å². The highest BCUT2D eigenvalue weighted by Gasteiger charge is 2.21. The van der Waals surface area contributed by atoms with Crippen molar-refractivity contribution in [3.63, 3.8) is 0 Å². The molecule has 0 spiro atoms. The van der Waals surface area contributed by atoms with E-state index >= 15 is 0 Å². The van der Waals surface area contributed by atoms with Crippen LogP contribution in [0.4, 0.5) is 0 Å². The fourth-order valence-electron chi connectivity index (χ4n) is 2.23. The molecule has 3 unspecified atom stereocenters. The molecule has 1 heterocycles. The van der Waals surface area contributed by atoms with E-state index in [1.165, 1.54) is 11.1 Å². The lowest BCUT2D eigenvalue weighted by atomic mass is 10.0. The van der Waals surface area contributed by atoms with E-state index in [-0.39, 0.29) is 6.04 Å². The maximum atomic E-state index is 11.9. The number of hydrogen-bond donors (Lipinski definition) is 1. The van der Waals surface area contributed by atoms with Crippen molar-refractivity contribution in [3.8, 4) is 0 Å². The van der Waals surface area contributed by atoms with E-state index in [9.17, 15) is 4.21 Å². The molecular weight excluding hydrogens is 230 g/mol. The summed E-state index contributed by atoms with van der Waals surface area (Å²) in [5.74, 6) is 2.09. The third-order valence-electron chi connectivity index (χ3n) is 3.33. The van der Waals surface area contributed by atoms with Gasteiger partial charge in [-0.1, -0.05) is 38.1 Å². The maximum Gasteiger partial charge on any atom is 0.0436 e. The van der Waals surface area contributed by atoms with Gasteiger partial charge in [0.2, 0.25) is 0 Å². The Morgan fingerprint density at radius 2 is 2.00 bits per heavy atom. The zero-order chi connectivity index (χ0) is 12.3. The van der Waals surface area contributed by atoms with Crippen LogP contribution in [0.25, 0.3) is 0 Å². The molecule has 94 valence electrons. The molecule has 1 saturated heterocycles. The smallest absolute Gasteiger partial charge is 0.0436 e. The van der Waals surface area contributed by atoms with Crippen molar-refractivity contribution in [1.82, 2.24) is 5.32 Å². The van der Waals surface area contributed by atoms with Crippen molar-refractivity contribution in [2.24, 2.45) is 5.92 Å². The lowest BCUT2D eigenvalue weighted by Crippen LogP contribution is -2.25. The molecule has 0 saturated carbocycles. The van der Waals surface area contributed by atoms with Crippen molar-refractivity contribution < 1.29 is 4.21 Å². The van der Waals surface area contributed by atoms with Crippen molar-refractivity contribution >= 4 is 10.8 Å². The van der Waals surface area contributed by atoms with Gasteiger partial charge in [-0.15, -0.1) is 0 Å². The molecule has 1 fully saturated rings. The van der Waals surface area contributed by atoms with Gasteiger partial charge >= 0.3 is 0 Å². The summed E-state index contributed by atoms with van der Waals surface area (Å²) in [4.78, 5) is 0. The quantitative estimate of drug-likeness (QED) is 0.873. The largest absolute Gasteiger partial charge is 0.309 e. The minimum absolute atomic E-state index is 0.256. The fraction of sp³-hybridized carbons (Fsp3) is 0.571. The third kappa shape index (κ3) is 3.39. The summed E-state index contributed by atoms with van der Waals surface area (Å²) >= 11 is 0. The van der Waals surface area contributed by atoms with E-state index < -0.39 is 10.8 Å². The van der Waals surface area contributed by atoms with Gasteiger partial charge < -0.3 is 5.32 Å². The molecule has 1 aromatic carbocycles. The van der Waals surface area contributed by atoms with E-state index in [0.717, 1.165) is 24.5 Å². The van der Waals surface area contributed by atoms with Crippen LogP contribution in [0.5, 0.6) is 0 Å². The van der Waals surface area contributed by atoms with Crippen molar-refractivity contribution in [3.05, 3.63) is 35.4 Å². The molecule has 1 aromatic rings. The summed E-state index contributed by atoms with van der Waals surface area (Å²) in [6.45, 7) is 5.29. The standard InChI is InChI=1S/C14H21NOS/c1-3-12-4-6-13(7-5-12)14-10-17(16)9-11(2)8-15-14/h4-7,11,14-15H,3,8-10H2,1-2H3. The van der Waals surface area contributed by atoms with Gasteiger partial charge in [0.15, 0.2) is 0 Å². The molecule has 0 radical (unpaired) electrons. The van der Waals surface area contributed by atoms with Crippen molar-refractivity contribution in [2.45, 2.75) is 26.3 Å². The molecular formula is C14H21NOS. The second-order valence-corrected chi connectivity index (χ2v) is 6.48. The average Bonchev–Trinajstić information content (AvgIpc) is 2.50. The summed E-state index contributed by atoms with van der Waals surface area (Å²) in [6.07, 6.45) is 1.07. The maximum absolute atomic E-state index is 11.9. The molecule has 0 amide bonds. The molecule has 1 aliphatic rings. The van der Waals surface area contributed by atoms with Crippen LogP contribution in [-0.2, 0) is 17.2 Å². The molecule has 0 aromatic heterocycles. The lowest BCUT2D eigenvalue weighted by molar-refractivity contribution is 0.517. The van der Waals surface area contributed by atoms with Gasteiger partial charge in [0, 0.05) is 28.3 Å². The van der Waals surface area contributed by atoms with E-state index in [4.69, 9.17) is 0 Å². The Hall–Kier alpha value is -0.670. The fourth-order valence-corrected chi connectivity index (χ4v) is 3.80. The topological polar surface area (TPSA) is 29.1 Å². The second kappa shape index (κ2) is 5.78. The molecule has 2 rings (SSSR count). The molecule has 1 aliphatic heterocycles. The number of benzene rings is 1. The van der Waals surface area contributed by atoms with E-state index in [0.29, 0.717) is 5.92 Å². The van der Waals surface area contributed by atoms with E-state index in [1.54, 1.807) is 0 Å². The highest BCUT2D eigenvalue weighted by atomic mass is 32.2. The Morgan fingerprint density at radius 1 is 1.29 bits per heavy atom. The summed E-state index contributed by atoms with van der Waals surface area (Å²) in [5, 5.41) is 3.52. The lowest BCUT2D eigenvalue weighted by Gasteiger charge is -2.16. The van der Waals surface area contributed by atoms with Crippen LogP contribution in [-0.4, -0.2) is 22.3 Å². The van der Waals surface area contributed by atoms with Crippen LogP contribution in [0.3, 0.4) is 0 Å². The molecule has 0 aliphatic carbocycles. The Morgan fingerprint density at radius 3 is 2.65 bits per heavy atom. The van der Waals surface area contributed by atoms with Gasteiger partial charge in [0.25, 0.3) is 0 Å². The molecule has 2 nitrogen and oxygen atoms in total. The zero-order valence-corrected chi connectivity index (χ0v) is 11.4. The van der Waals surface area contributed by atoms with Crippen LogP contribution in [0.2, 0.25) is 0 Å². The Kier molecular flexibility index (Phi) is 4.35. The summed E-state index contributed by atoms with van der Waals surface area (Å²) in [5.41, 5.74) is 2.63. The summed E-state index contributed by atoms with van der Waals surface area (Å²) in [6, 6.07) is 8.95. The number of nitrogens with one attached hydrogen (secondary N) is 1. The number of aryl methyl sites for hydroxylation is 1. The first-order valence-electron chi connectivity index (χ1n) is 6.36.